The molecule has 1 N–H and O–H groups in total. The Morgan fingerprint density at radius 3 is 2.68 bits per heavy atom. The van der Waals surface area contributed by atoms with E-state index >= 15 is 0 Å². The second kappa shape index (κ2) is 8.99. The van der Waals surface area contributed by atoms with Crippen molar-refractivity contribution in [3.05, 3.63) is 21.9 Å². The van der Waals surface area contributed by atoms with Gasteiger partial charge in [0.05, 0.1) is 18.8 Å². The molecule has 126 valence electrons. The van der Waals surface area contributed by atoms with Crippen LogP contribution in [0.2, 0.25) is 0 Å². The molecule has 1 aliphatic heterocycles. The zero-order valence-electron chi connectivity index (χ0n) is 14.0. The second-order valence-electron chi connectivity index (χ2n) is 6.33. The van der Waals surface area contributed by atoms with Crippen LogP contribution in [0.1, 0.15) is 36.4 Å². The number of rotatable bonds is 8. The molecule has 22 heavy (non-hydrogen) atoms. The molecule has 2 heterocycles. The van der Waals surface area contributed by atoms with Crippen LogP contribution in [0, 0.1) is 6.92 Å². The van der Waals surface area contributed by atoms with Gasteiger partial charge in [-0.05, 0) is 45.7 Å². The quantitative estimate of drug-likeness (QED) is 0.797. The highest BCUT2D eigenvalue weighted by Gasteiger charge is 2.19. The van der Waals surface area contributed by atoms with Gasteiger partial charge in [0.2, 0.25) is 0 Å². The van der Waals surface area contributed by atoms with E-state index in [2.05, 4.69) is 37.8 Å². The van der Waals surface area contributed by atoms with Crippen molar-refractivity contribution in [1.82, 2.24) is 4.90 Å². The van der Waals surface area contributed by atoms with Gasteiger partial charge in [0, 0.05) is 42.1 Å². The van der Waals surface area contributed by atoms with Crippen LogP contribution in [-0.4, -0.2) is 54.6 Å². The molecule has 5 heteroatoms. The van der Waals surface area contributed by atoms with Gasteiger partial charge in [0.25, 0.3) is 0 Å². The molecular weight excluding hydrogens is 298 g/mol. The number of nitrogens with zero attached hydrogens (tertiary/aromatic N) is 1. The lowest BCUT2D eigenvalue weighted by molar-refractivity contribution is -0.0658. The van der Waals surface area contributed by atoms with Crippen molar-refractivity contribution < 1.29 is 14.6 Å². The lowest BCUT2D eigenvalue weighted by Gasteiger charge is -2.29. The molecule has 1 fully saturated rings. The Morgan fingerprint density at radius 2 is 2.09 bits per heavy atom. The Balaban J connectivity index is 1.76. The zero-order chi connectivity index (χ0) is 15.9. The Kier molecular flexibility index (Phi) is 7.31. The lowest BCUT2D eigenvalue weighted by Crippen LogP contribution is -2.39. The smallest absolute Gasteiger partial charge is 0.0900 e. The minimum Gasteiger partial charge on any atom is -0.389 e. The molecule has 0 radical (unpaired) electrons. The molecule has 4 nitrogen and oxygen atoms in total. The molecule has 0 saturated carbocycles. The fourth-order valence-corrected chi connectivity index (χ4v) is 3.56. The summed E-state index contributed by atoms with van der Waals surface area (Å²) >= 11 is 1.83. The third kappa shape index (κ3) is 5.97. The number of ether oxygens (including phenoxy) is 2. The first-order chi connectivity index (χ1) is 10.5. The molecule has 2 rings (SSSR count). The van der Waals surface area contributed by atoms with Crippen LogP contribution in [0.15, 0.2) is 12.1 Å². The molecular formula is C17H29NO3S. The van der Waals surface area contributed by atoms with E-state index in [1.807, 2.05) is 11.3 Å². The van der Waals surface area contributed by atoms with Gasteiger partial charge < -0.3 is 14.6 Å². The van der Waals surface area contributed by atoms with E-state index in [9.17, 15) is 5.11 Å². The van der Waals surface area contributed by atoms with Gasteiger partial charge in [-0.3, -0.25) is 4.90 Å². The highest BCUT2D eigenvalue weighted by Crippen LogP contribution is 2.19. The van der Waals surface area contributed by atoms with E-state index < -0.39 is 6.10 Å². The topological polar surface area (TPSA) is 41.9 Å². The Labute approximate surface area is 138 Å². The third-order valence-corrected chi connectivity index (χ3v) is 5.01. The second-order valence-corrected chi connectivity index (χ2v) is 7.71. The maximum Gasteiger partial charge on any atom is 0.0900 e. The molecule has 1 aromatic heterocycles. The van der Waals surface area contributed by atoms with Crippen LogP contribution in [0.3, 0.4) is 0 Å². The van der Waals surface area contributed by atoms with Crippen LogP contribution in [-0.2, 0) is 16.0 Å². The van der Waals surface area contributed by atoms with Gasteiger partial charge in [-0.2, -0.15) is 0 Å². The largest absolute Gasteiger partial charge is 0.389 e. The van der Waals surface area contributed by atoms with Crippen molar-refractivity contribution >= 4 is 11.3 Å². The Hall–Kier alpha value is -0.460. The van der Waals surface area contributed by atoms with Crippen molar-refractivity contribution in [1.29, 1.82) is 0 Å². The predicted molar refractivity (Wildman–Crippen MR) is 90.4 cm³/mol. The van der Waals surface area contributed by atoms with Crippen LogP contribution < -0.4 is 0 Å². The molecule has 1 saturated heterocycles. The molecule has 0 aliphatic carbocycles. The molecule has 0 amide bonds. The lowest BCUT2D eigenvalue weighted by atomic mass is 10.1. The normalized spacial score (nSPS) is 18.3. The van der Waals surface area contributed by atoms with Crippen molar-refractivity contribution in [2.75, 3.05) is 26.4 Å². The first-order valence-electron chi connectivity index (χ1n) is 8.21. The predicted octanol–water partition coefficient (Wildman–Crippen LogP) is 2.82. The Bertz CT molecular complexity index is 429. The van der Waals surface area contributed by atoms with E-state index in [4.69, 9.17) is 9.47 Å². The standard InChI is InChI=1S/C17H29NO3S/c1-13(2)18(11-17-5-4-14(3)22-17)10-15(19)12-21-16-6-8-20-9-7-16/h4-5,13,15-16,19H,6-12H2,1-3H3. The fraction of sp³-hybridized carbons (Fsp3) is 0.765. The summed E-state index contributed by atoms with van der Waals surface area (Å²) in [6.07, 6.45) is 1.69. The minimum atomic E-state index is -0.439. The SMILES string of the molecule is Cc1ccc(CN(CC(O)COC2CCOCC2)C(C)C)s1. The maximum atomic E-state index is 10.3. The van der Waals surface area contributed by atoms with E-state index in [1.165, 1.54) is 9.75 Å². The first kappa shape index (κ1) is 17.9. The van der Waals surface area contributed by atoms with E-state index in [0.29, 0.717) is 19.2 Å². The summed E-state index contributed by atoms with van der Waals surface area (Å²) in [6.45, 7) is 9.98. The number of aliphatic hydroxyl groups is 1. The number of hydrogen-bond donors (Lipinski definition) is 1. The summed E-state index contributed by atoms with van der Waals surface area (Å²) in [5.41, 5.74) is 0. The van der Waals surface area contributed by atoms with Crippen molar-refractivity contribution in [3.8, 4) is 0 Å². The van der Waals surface area contributed by atoms with Crippen molar-refractivity contribution in [3.63, 3.8) is 0 Å². The van der Waals surface area contributed by atoms with Gasteiger partial charge >= 0.3 is 0 Å². The summed E-state index contributed by atoms with van der Waals surface area (Å²) < 4.78 is 11.1. The van der Waals surface area contributed by atoms with Crippen LogP contribution in [0.5, 0.6) is 0 Å². The van der Waals surface area contributed by atoms with Crippen LogP contribution >= 0.6 is 11.3 Å². The molecule has 1 aliphatic rings. The molecule has 0 aromatic carbocycles. The molecule has 1 unspecified atom stereocenters. The monoisotopic (exact) mass is 327 g/mol. The van der Waals surface area contributed by atoms with E-state index in [1.54, 1.807) is 0 Å². The number of aryl methyl sites for hydroxylation is 1. The van der Waals surface area contributed by atoms with E-state index in [-0.39, 0.29) is 6.10 Å². The number of hydrogen-bond acceptors (Lipinski definition) is 5. The average Bonchev–Trinajstić information content (AvgIpc) is 2.91. The highest BCUT2D eigenvalue weighted by molar-refractivity contribution is 7.11. The highest BCUT2D eigenvalue weighted by atomic mass is 32.1. The number of thiophene rings is 1. The average molecular weight is 327 g/mol. The summed E-state index contributed by atoms with van der Waals surface area (Å²) in [7, 11) is 0. The third-order valence-electron chi connectivity index (χ3n) is 4.02. The van der Waals surface area contributed by atoms with Gasteiger partial charge in [0.1, 0.15) is 0 Å². The summed E-state index contributed by atoms with van der Waals surface area (Å²) in [5.74, 6) is 0. The summed E-state index contributed by atoms with van der Waals surface area (Å²) in [6, 6.07) is 4.74. The molecule has 1 atom stereocenters. The van der Waals surface area contributed by atoms with Gasteiger partial charge in [-0.1, -0.05) is 0 Å². The zero-order valence-corrected chi connectivity index (χ0v) is 14.8. The van der Waals surface area contributed by atoms with E-state index in [0.717, 1.165) is 32.6 Å². The van der Waals surface area contributed by atoms with Crippen molar-refractivity contribution in [2.24, 2.45) is 0 Å². The minimum absolute atomic E-state index is 0.246. The number of aliphatic hydroxyl groups excluding tert-OH is 1. The van der Waals surface area contributed by atoms with Gasteiger partial charge in [-0.25, -0.2) is 0 Å². The maximum absolute atomic E-state index is 10.3. The Morgan fingerprint density at radius 1 is 1.36 bits per heavy atom. The van der Waals surface area contributed by atoms with Crippen LogP contribution in [0.25, 0.3) is 0 Å². The molecule has 1 aromatic rings. The first-order valence-corrected chi connectivity index (χ1v) is 9.03. The molecule has 0 spiro atoms. The van der Waals surface area contributed by atoms with Gasteiger partial charge in [-0.15, -0.1) is 11.3 Å². The van der Waals surface area contributed by atoms with Gasteiger partial charge in [0.15, 0.2) is 0 Å². The summed E-state index contributed by atoms with van der Waals surface area (Å²) in [4.78, 5) is 4.99. The summed E-state index contributed by atoms with van der Waals surface area (Å²) in [5, 5.41) is 10.3. The fourth-order valence-electron chi connectivity index (χ4n) is 2.64. The molecule has 0 bridgehead atoms. The van der Waals surface area contributed by atoms with Crippen LogP contribution in [0.4, 0.5) is 0 Å². The van der Waals surface area contributed by atoms with Crippen molar-refractivity contribution in [2.45, 2.75) is 58.4 Å².